The Morgan fingerprint density at radius 1 is 0.933 bits per heavy atom. The Labute approximate surface area is 170 Å². The molecule has 0 unspecified atom stereocenters. The van der Waals surface area contributed by atoms with Crippen LogP contribution >= 0.6 is 0 Å². The van der Waals surface area contributed by atoms with E-state index in [1.807, 2.05) is 46.9 Å². The van der Waals surface area contributed by atoms with Crippen LogP contribution in [0.4, 0.5) is 5.69 Å². The zero-order valence-electron chi connectivity index (χ0n) is 15.9. The maximum Gasteiger partial charge on any atom is 0.270 e. The molecule has 5 aromatic rings. The van der Waals surface area contributed by atoms with E-state index in [1.165, 1.54) is 12.1 Å². The topological polar surface area (TPSA) is 95.5 Å². The minimum Gasteiger partial charge on any atom is -0.497 e. The molecule has 0 amide bonds. The van der Waals surface area contributed by atoms with Crippen LogP contribution in [-0.2, 0) is 0 Å². The molecule has 3 aromatic heterocycles. The van der Waals surface area contributed by atoms with Crippen molar-refractivity contribution in [2.75, 3.05) is 7.11 Å². The van der Waals surface area contributed by atoms with Gasteiger partial charge < -0.3 is 4.74 Å². The number of rotatable bonds is 4. The molecular weight excluding hydrogens is 382 g/mol. The molecule has 0 fully saturated rings. The van der Waals surface area contributed by atoms with Crippen LogP contribution in [0.2, 0.25) is 0 Å². The Bertz CT molecular complexity index is 1410. The van der Waals surface area contributed by atoms with Crippen molar-refractivity contribution in [3.05, 3.63) is 83.0 Å². The third kappa shape index (κ3) is 2.82. The van der Waals surface area contributed by atoms with Gasteiger partial charge >= 0.3 is 0 Å². The summed E-state index contributed by atoms with van der Waals surface area (Å²) in [4.78, 5) is 15.3. The molecule has 3 heterocycles. The molecule has 5 rings (SSSR count). The van der Waals surface area contributed by atoms with Gasteiger partial charge in [-0.05, 0) is 35.9 Å². The number of pyridine rings is 2. The second-order valence-electron chi connectivity index (χ2n) is 6.69. The summed E-state index contributed by atoms with van der Waals surface area (Å²) in [6, 6.07) is 19.9. The fourth-order valence-corrected chi connectivity index (χ4v) is 3.52. The molecule has 0 aliphatic heterocycles. The fourth-order valence-electron chi connectivity index (χ4n) is 3.52. The van der Waals surface area contributed by atoms with Crippen LogP contribution in [0.1, 0.15) is 0 Å². The molecule has 0 aliphatic carbocycles. The summed E-state index contributed by atoms with van der Waals surface area (Å²) < 4.78 is 7.10. The van der Waals surface area contributed by atoms with Crippen LogP contribution in [0.25, 0.3) is 39.2 Å². The van der Waals surface area contributed by atoms with Crippen LogP contribution in [0.3, 0.4) is 0 Å². The number of nitro benzene ring substituents is 1. The predicted molar refractivity (Wildman–Crippen MR) is 112 cm³/mol. The standard InChI is InChI=1S/C22H15N5O3/c1-30-18-9-7-14(8-10-18)19-13-16-5-3-11-23-20(16)26-21(24-25-22(19)26)15-4-2-6-17(12-15)27(28)29/h2-13H,1H3. The highest BCUT2D eigenvalue weighted by Crippen LogP contribution is 2.32. The molecule has 0 radical (unpaired) electrons. The Hall–Kier alpha value is -4.33. The summed E-state index contributed by atoms with van der Waals surface area (Å²) in [6.45, 7) is 0. The summed E-state index contributed by atoms with van der Waals surface area (Å²) in [5.74, 6) is 1.25. The van der Waals surface area contributed by atoms with E-state index >= 15 is 0 Å². The highest BCUT2D eigenvalue weighted by Gasteiger charge is 2.18. The predicted octanol–water partition coefficient (Wildman–Crippen LogP) is 4.53. The number of non-ortho nitro benzene ring substituents is 1. The summed E-state index contributed by atoms with van der Waals surface area (Å²) in [7, 11) is 1.62. The number of benzene rings is 2. The fraction of sp³-hybridized carbons (Fsp3) is 0.0455. The van der Waals surface area contributed by atoms with Gasteiger partial charge in [0.15, 0.2) is 11.5 Å². The highest BCUT2D eigenvalue weighted by molar-refractivity contribution is 5.91. The number of ether oxygens (including phenoxy) is 1. The summed E-state index contributed by atoms with van der Waals surface area (Å²) >= 11 is 0. The van der Waals surface area contributed by atoms with Gasteiger partial charge in [-0.3, -0.25) is 14.5 Å². The molecule has 0 bridgehead atoms. The van der Waals surface area contributed by atoms with Crippen molar-refractivity contribution in [2.45, 2.75) is 0 Å². The van der Waals surface area contributed by atoms with Crippen molar-refractivity contribution in [3.8, 4) is 28.3 Å². The molecule has 2 aromatic carbocycles. The van der Waals surface area contributed by atoms with Gasteiger partial charge in [-0.2, -0.15) is 0 Å². The molecule has 0 aliphatic rings. The van der Waals surface area contributed by atoms with Crippen LogP contribution in [0.5, 0.6) is 5.75 Å². The monoisotopic (exact) mass is 397 g/mol. The Balaban J connectivity index is 1.82. The smallest absolute Gasteiger partial charge is 0.270 e. The van der Waals surface area contributed by atoms with Crippen molar-refractivity contribution >= 4 is 22.4 Å². The second-order valence-corrected chi connectivity index (χ2v) is 6.69. The van der Waals surface area contributed by atoms with Gasteiger partial charge in [-0.1, -0.05) is 24.3 Å². The molecule has 0 saturated heterocycles. The van der Waals surface area contributed by atoms with Gasteiger partial charge in [0.1, 0.15) is 11.4 Å². The van der Waals surface area contributed by atoms with Crippen molar-refractivity contribution < 1.29 is 9.66 Å². The van der Waals surface area contributed by atoms with E-state index in [9.17, 15) is 10.1 Å². The molecule has 0 N–H and O–H groups in total. The first kappa shape index (κ1) is 17.7. The lowest BCUT2D eigenvalue weighted by molar-refractivity contribution is -0.384. The van der Waals surface area contributed by atoms with E-state index in [-0.39, 0.29) is 5.69 Å². The first-order valence-electron chi connectivity index (χ1n) is 9.18. The molecule has 0 atom stereocenters. The lowest BCUT2D eigenvalue weighted by Crippen LogP contribution is -1.97. The zero-order valence-corrected chi connectivity index (χ0v) is 15.9. The molecule has 0 spiro atoms. The number of fused-ring (bicyclic) bond motifs is 3. The zero-order chi connectivity index (χ0) is 20.7. The van der Waals surface area contributed by atoms with Crippen LogP contribution in [0.15, 0.2) is 72.9 Å². The number of methoxy groups -OCH3 is 1. The third-order valence-electron chi connectivity index (χ3n) is 4.95. The number of nitrogens with zero attached hydrogens (tertiary/aromatic N) is 5. The summed E-state index contributed by atoms with van der Waals surface area (Å²) in [5, 5.41) is 20.9. The Morgan fingerprint density at radius 3 is 2.53 bits per heavy atom. The second kappa shape index (κ2) is 6.93. The average Bonchev–Trinajstić information content (AvgIpc) is 3.24. The first-order chi connectivity index (χ1) is 14.7. The normalized spacial score (nSPS) is 11.1. The van der Waals surface area contributed by atoms with Crippen molar-refractivity contribution in [2.24, 2.45) is 0 Å². The highest BCUT2D eigenvalue weighted by atomic mass is 16.6. The van der Waals surface area contributed by atoms with E-state index in [0.717, 1.165) is 22.3 Å². The Morgan fingerprint density at radius 2 is 1.77 bits per heavy atom. The van der Waals surface area contributed by atoms with Crippen molar-refractivity contribution in [3.63, 3.8) is 0 Å². The van der Waals surface area contributed by atoms with Crippen LogP contribution in [-0.4, -0.2) is 31.6 Å². The van der Waals surface area contributed by atoms with Gasteiger partial charge in [0.05, 0.1) is 12.0 Å². The molecule has 146 valence electrons. The minimum absolute atomic E-state index is 0.00664. The Kier molecular flexibility index (Phi) is 4.10. The first-order valence-corrected chi connectivity index (χ1v) is 9.18. The maximum absolute atomic E-state index is 11.2. The van der Waals surface area contributed by atoms with E-state index in [0.29, 0.717) is 22.7 Å². The third-order valence-corrected chi connectivity index (χ3v) is 4.95. The molecule has 8 heteroatoms. The molecular formula is C22H15N5O3. The van der Waals surface area contributed by atoms with Gasteiger partial charge in [-0.25, -0.2) is 4.98 Å². The van der Waals surface area contributed by atoms with Crippen molar-refractivity contribution in [1.82, 2.24) is 19.6 Å². The number of hydrogen-bond acceptors (Lipinski definition) is 6. The number of nitro groups is 1. The minimum atomic E-state index is -0.425. The van der Waals surface area contributed by atoms with E-state index in [2.05, 4.69) is 15.2 Å². The largest absolute Gasteiger partial charge is 0.497 e. The molecule has 0 saturated carbocycles. The van der Waals surface area contributed by atoms with Gasteiger partial charge in [0.25, 0.3) is 5.69 Å². The van der Waals surface area contributed by atoms with E-state index in [4.69, 9.17) is 4.74 Å². The number of hydrogen-bond donors (Lipinski definition) is 0. The molecule has 8 nitrogen and oxygen atoms in total. The maximum atomic E-state index is 11.2. The summed E-state index contributed by atoms with van der Waals surface area (Å²) in [5.41, 5.74) is 3.71. The van der Waals surface area contributed by atoms with Crippen molar-refractivity contribution in [1.29, 1.82) is 0 Å². The van der Waals surface area contributed by atoms with E-state index < -0.39 is 4.92 Å². The van der Waals surface area contributed by atoms with Gasteiger partial charge in [-0.15, -0.1) is 10.2 Å². The SMILES string of the molecule is COc1ccc(-c2cc3cccnc3n3c(-c4cccc([N+](=O)[O-])c4)nnc23)cc1. The van der Waals surface area contributed by atoms with Gasteiger partial charge in [0, 0.05) is 34.8 Å². The lowest BCUT2D eigenvalue weighted by Gasteiger charge is -2.09. The van der Waals surface area contributed by atoms with Crippen LogP contribution < -0.4 is 4.74 Å². The van der Waals surface area contributed by atoms with E-state index in [1.54, 1.807) is 25.4 Å². The van der Waals surface area contributed by atoms with Crippen LogP contribution in [0, 0.1) is 10.1 Å². The average molecular weight is 397 g/mol. The quantitative estimate of drug-likeness (QED) is 0.327. The van der Waals surface area contributed by atoms with Gasteiger partial charge in [0.2, 0.25) is 0 Å². The number of aromatic nitrogens is 4. The molecule has 30 heavy (non-hydrogen) atoms. The summed E-state index contributed by atoms with van der Waals surface area (Å²) in [6.07, 6.45) is 1.70. The lowest BCUT2D eigenvalue weighted by atomic mass is 10.0.